The summed E-state index contributed by atoms with van der Waals surface area (Å²) in [6.45, 7) is 0. The monoisotopic (exact) mass is 171 g/mol. The SMILES string of the molecule is C[N+](C)(C)NC(=O)C(F)(F)F. The highest BCUT2D eigenvalue weighted by molar-refractivity contribution is 5.80. The van der Waals surface area contributed by atoms with Gasteiger partial charge in [-0.3, -0.25) is 4.79 Å². The van der Waals surface area contributed by atoms with Gasteiger partial charge in [-0.25, -0.2) is 4.59 Å². The molecule has 0 aromatic rings. The number of amides is 1. The summed E-state index contributed by atoms with van der Waals surface area (Å²) in [5, 5.41) is 0. The fourth-order valence-corrected chi connectivity index (χ4v) is 0.368. The van der Waals surface area contributed by atoms with Gasteiger partial charge in [-0.2, -0.15) is 18.6 Å². The van der Waals surface area contributed by atoms with Gasteiger partial charge in [0.1, 0.15) is 0 Å². The molecule has 0 spiro atoms. The van der Waals surface area contributed by atoms with Crippen molar-refractivity contribution in [2.24, 2.45) is 0 Å². The molecule has 0 heterocycles. The second kappa shape index (κ2) is 2.69. The van der Waals surface area contributed by atoms with Crippen molar-refractivity contribution >= 4 is 5.91 Å². The highest BCUT2D eigenvalue weighted by Gasteiger charge is 2.41. The Hall–Kier alpha value is -0.780. The molecule has 0 rings (SSSR count). The average molecular weight is 171 g/mol. The molecule has 0 fully saturated rings. The van der Waals surface area contributed by atoms with Crippen molar-refractivity contribution < 1.29 is 22.6 Å². The smallest absolute Gasteiger partial charge is 0.259 e. The van der Waals surface area contributed by atoms with Gasteiger partial charge in [-0.1, -0.05) is 0 Å². The Morgan fingerprint density at radius 3 is 1.73 bits per heavy atom. The first-order valence-corrected chi connectivity index (χ1v) is 2.84. The van der Waals surface area contributed by atoms with Gasteiger partial charge in [-0.15, -0.1) is 0 Å². The third kappa shape index (κ3) is 4.60. The third-order valence-corrected chi connectivity index (χ3v) is 0.694. The van der Waals surface area contributed by atoms with Crippen LogP contribution in [0.25, 0.3) is 0 Å². The van der Waals surface area contributed by atoms with E-state index >= 15 is 0 Å². The van der Waals surface area contributed by atoms with Gasteiger partial charge in [0.25, 0.3) is 0 Å². The summed E-state index contributed by atoms with van der Waals surface area (Å²) in [6.07, 6.45) is -4.80. The van der Waals surface area contributed by atoms with Crippen molar-refractivity contribution in [3.8, 4) is 0 Å². The van der Waals surface area contributed by atoms with Gasteiger partial charge in [0.2, 0.25) is 0 Å². The van der Waals surface area contributed by atoms with Gasteiger partial charge >= 0.3 is 12.1 Å². The summed E-state index contributed by atoms with van der Waals surface area (Å²) in [5.41, 5.74) is 1.73. The predicted molar refractivity (Wildman–Crippen MR) is 32.2 cm³/mol. The molecule has 3 nitrogen and oxygen atoms in total. The zero-order chi connectivity index (χ0) is 9.28. The lowest BCUT2D eigenvalue weighted by Crippen LogP contribution is -2.55. The first-order chi connectivity index (χ1) is 4.63. The molecule has 0 radical (unpaired) electrons. The molecule has 11 heavy (non-hydrogen) atoms. The van der Waals surface area contributed by atoms with E-state index in [9.17, 15) is 18.0 Å². The first-order valence-electron chi connectivity index (χ1n) is 2.84. The van der Waals surface area contributed by atoms with Crippen LogP contribution in [0.1, 0.15) is 0 Å². The minimum Gasteiger partial charge on any atom is -0.259 e. The van der Waals surface area contributed by atoms with Crippen molar-refractivity contribution in [1.29, 1.82) is 0 Å². The Kier molecular flexibility index (Phi) is 2.50. The minimum absolute atomic E-state index is 0.252. The molecule has 6 heteroatoms. The highest BCUT2D eigenvalue weighted by Crippen LogP contribution is 2.14. The number of nitrogens with zero attached hydrogens (tertiary/aromatic N) is 1. The van der Waals surface area contributed by atoms with Crippen molar-refractivity contribution in [2.75, 3.05) is 21.1 Å². The van der Waals surface area contributed by atoms with E-state index in [0.717, 1.165) is 0 Å². The second-order valence-electron chi connectivity index (χ2n) is 2.95. The number of hydrogen-bond acceptors (Lipinski definition) is 1. The number of carbonyl (C=O) groups excluding carboxylic acids is 1. The summed E-state index contributed by atoms with van der Waals surface area (Å²) in [5.74, 6) is -1.93. The van der Waals surface area contributed by atoms with E-state index in [4.69, 9.17) is 0 Å². The predicted octanol–water partition coefficient (Wildman–Crippen LogP) is 0.286. The van der Waals surface area contributed by atoms with Crippen LogP contribution in [-0.4, -0.2) is 37.8 Å². The number of carbonyl (C=O) groups is 1. The molecule has 0 aliphatic carbocycles. The number of hydrogen-bond donors (Lipinski definition) is 1. The lowest BCUT2D eigenvalue weighted by Gasteiger charge is -2.23. The topological polar surface area (TPSA) is 29.1 Å². The normalized spacial score (nSPS) is 12.9. The van der Waals surface area contributed by atoms with Crippen LogP contribution < -0.4 is 5.43 Å². The van der Waals surface area contributed by atoms with E-state index in [2.05, 4.69) is 0 Å². The van der Waals surface area contributed by atoms with Crippen LogP contribution in [0.2, 0.25) is 0 Å². The lowest BCUT2D eigenvalue weighted by molar-refractivity contribution is -0.906. The molecule has 1 amide bonds. The second-order valence-corrected chi connectivity index (χ2v) is 2.95. The van der Waals surface area contributed by atoms with Crippen LogP contribution >= 0.6 is 0 Å². The van der Waals surface area contributed by atoms with Crippen LogP contribution in [0.15, 0.2) is 0 Å². The maximum atomic E-state index is 11.6. The molecule has 0 aliphatic rings. The quantitative estimate of drug-likeness (QED) is 0.445. The number of alkyl halides is 3. The van der Waals surface area contributed by atoms with E-state index in [1.54, 1.807) is 5.43 Å². The zero-order valence-electron chi connectivity index (χ0n) is 6.49. The highest BCUT2D eigenvalue weighted by atomic mass is 19.4. The molecule has 0 aliphatic heterocycles. The molecule has 0 saturated heterocycles. The average Bonchev–Trinajstić information content (AvgIpc) is 1.56. The number of rotatable bonds is 1. The summed E-state index contributed by atoms with van der Waals surface area (Å²) >= 11 is 0. The Labute approximate surface area is 62.3 Å². The molecule has 66 valence electrons. The van der Waals surface area contributed by atoms with Crippen molar-refractivity contribution in [2.45, 2.75) is 6.18 Å². The Morgan fingerprint density at radius 2 is 1.64 bits per heavy atom. The maximum absolute atomic E-state index is 11.6. The number of nitrogens with one attached hydrogen (secondary N) is 1. The van der Waals surface area contributed by atoms with Crippen LogP contribution in [0, 0.1) is 0 Å². The summed E-state index contributed by atoms with van der Waals surface area (Å²) in [6, 6.07) is 0. The Bertz CT molecular complexity index is 158. The maximum Gasteiger partial charge on any atom is 0.476 e. The van der Waals surface area contributed by atoms with Gasteiger partial charge in [0.05, 0.1) is 21.1 Å². The number of quaternary nitrogens is 1. The third-order valence-electron chi connectivity index (χ3n) is 0.694. The molecule has 0 saturated carbocycles. The van der Waals surface area contributed by atoms with Crippen molar-refractivity contribution in [3.63, 3.8) is 0 Å². The van der Waals surface area contributed by atoms with Gasteiger partial charge in [0.15, 0.2) is 0 Å². The standard InChI is InChI=1S/C5H9F3N2O/c1-10(2,3)9-4(11)5(6,7)8/h1-3H3/p+1. The molecule has 0 atom stereocenters. The Morgan fingerprint density at radius 1 is 1.27 bits per heavy atom. The van der Waals surface area contributed by atoms with Crippen molar-refractivity contribution in [3.05, 3.63) is 0 Å². The van der Waals surface area contributed by atoms with E-state index in [-0.39, 0.29) is 4.59 Å². The van der Waals surface area contributed by atoms with E-state index in [1.165, 1.54) is 21.1 Å². The lowest BCUT2D eigenvalue weighted by atomic mass is 10.6. The first kappa shape index (κ1) is 10.2. The molecule has 0 bridgehead atoms. The van der Waals surface area contributed by atoms with Crippen LogP contribution in [0.4, 0.5) is 13.2 Å². The summed E-state index contributed by atoms with van der Waals surface area (Å²) < 4.78 is 34.4. The molecular weight excluding hydrogens is 161 g/mol. The molecule has 1 N–H and O–H groups in total. The number of halogens is 3. The fourth-order valence-electron chi connectivity index (χ4n) is 0.368. The molecule has 0 aromatic heterocycles. The fraction of sp³-hybridized carbons (Fsp3) is 0.800. The van der Waals surface area contributed by atoms with Gasteiger partial charge < -0.3 is 0 Å². The van der Waals surface area contributed by atoms with E-state index in [1.807, 2.05) is 0 Å². The summed E-state index contributed by atoms with van der Waals surface area (Å²) in [7, 11) is 4.26. The largest absolute Gasteiger partial charge is 0.476 e. The van der Waals surface area contributed by atoms with Crippen LogP contribution in [0.5, 0.6) is 0 Å². The molecular formula is C5H10F3N2O+. The molecule has 0 aromatic carbocycles. The minimum atomic E-state index is -4.80. The summed E-state index contributed by atoms with van der Waals surface area (Å²) in [4.78, 5) is 10.2. The van der Waals surface area contributed by atoms with E-state index < -0.39 is 12.1 Å². The van der Waals surface area contributed by atoms with Crippen LogP contribution in [-0.2, 0) is 4.79 Å². The zero-order valence-corrected chi connectivity index (χ0v) is 6.49. The van der Waals surface area contributed by atoms with Gasteiger partial charge in [0, 0.05) is 0 Å². The molecule has 0 unspecified atom stereocenters. The van der Waals surface area contributed by atoms with E-state index in [0.29, 0.717) is 0 Å². The Balaban J connectivity index is 4.11. The van der Waals surface area contributed by atoms with Gasteiger partial charge in [-0.05, 0) is 0 Å². The van der Waals surface area contributed by atoms with Crippen molar-refractivity contribution in [1.82, 2.24) is 5.43 Å². The van der Waals surface area contributed by atoms with Crippen LogP contribution in [0.3, 0.4) is 0 Å².